The number of phenolic OH excluding ortho intramolecular Hbond substituents is 1. The molecule has 5 rings (SSSR count). The van der Waals surface area contributed by atoms with Crippen LogP contribution < -0.4 is 10.5 Å². The third-order valence-corrected chi connectivity index (χ3v) is 9.65. The van der Waals surface area contributed by atoms with E-state index in [0.717, 1.165) is 0 Å². The molecule has 11 heteroatoms. The lowest BCUT2D eigenvalue weighted by Gasteiger charge is -2.42. The van der Waals surface area contributed by atoms with E-state index in [2.05, 4.69) is 31.9 Å². The molecule has 1 aliphatic heterocycles. The third kappa shape index (κ3) is 3.28. The number of ether oxygens (including phenoxy) is 1. The van der Waals surface area contributed by atoms with Gasteiger partial charge in [0.05, 0.1) is 23.4 Å². The quantitative estimate of drug-likeness (QED) is 0.293. The summed E-state index contributed by atoms with van der Waals surface area (Å²) < 4.78 is 6.08. The van der Waals surface area contributed by atoms with Gasteiger partial charge in [0.2, 0.25) is 11.8 Å². The number of aromatic hydroxyl groups is 1. The topological polar surface area (TPSA) is 144 Å². The zero-order chi connectivity index (χ0) is 26.2. The Labute approximate surface area is 222 Å². The van der Waals surface area contributed by atoms with Crippen LogP contribution in [0.1, 0.15) is 31.2 Å². The standard InChI is InChI=1S/C25H20Br2N2O7/c1-8-5-14(30)12-6-11-9(3-4-10-17(11)24(34)29(23(10)33)25(28)35)16(18(12)21(8)31)13-7-15(36-2)22(32)20(27)19(13)26/h3,5,7,10-11,16-17,32H,4,6H2,1-2H3,(H2,28,35). The molecule has 1 saturated heterocycles. The first-order chi connectivity index (χ1) is 17.0. The van der Waals surface area contributed by atoms with Gasteiger partial charge in [-0.05, 0) is 75.2 Å². The molecule has 4 aliphatic rings. The molecule has 186 valence electrons. The number of halogens is 2. The molecule has 1 heterocycles. The van der Waals surface area contributed by atoms with E-state index < -0.39 is 41.5 Å². The normalized spacial score (nSPS) is 27.4. The van der Waals surface area contributed by atoms with Crippen molar-refractivity contribution in [1.82, 2.24) is 4.90 Å². The van der Waals surface area contributed by atoms with Crippen LogP contribution in [0.25, 0.3) is 0 Å². The van der Waals surface area contributed by atoms with Gasteiger partial charge in [0.15, 0.2) is 23.1 Å². The van der Waals surface area contributed by atoms with Gasteiger partial charge < -0.3 is 15.6 Å². The number of rotatable bonds is 2. The SMILES string of the molecule is COc1cc(C2C3=CCC4C(=O)N(C(N)=O)C(=O)C4C3CC3=C2C(=O)C(C)=CC3=O)c(Br)c(Br)c1O. The number of ketones is 2. The molecule has 1 fully saturated rings. The van der Waals surface area contributed by atoms with Crippen LogP contribution in [0.3, 0.4) is 0 Å². The van der Waals surface area contributed by atoms with Gasteiger partial charge >= 0.3 is 6.03 Å². The lowest BCUT2D eigenvalue weighted by molar-refractivity contribution is -0.136. The zero-order valence-electron chi connectivity index (χ0n) is 19.1. The van der Waals surface area contributed by atoms with E-state index >= 15 is 0 Å². The van der Waals surface area contributed by atoms with Crippen LogP contribution in [-0.4, -0.2) is 46.5 Å². The van der Waals surface area contributed by atoms with Crippen LogP contribution in [0.5, 0.6) is 11.5 Å². The first-order valence-corrected chi connectivity index (χ1v) is 12.7. The second-order valence-corrected chi connectivity index (χ2v) is 10.8. The van der Waals surface area contributed by atoms with E-state index in [1.165, 1.54) is 13.2 Å². The van der Waals surface area contributed by atoms with Crippen molar-refractivity contribution < 1.29 is 33.8 Å². The van der Waals surface area contributed by atoms with Crippen LogP contribution in [-0.2, 0) is 19.2 Å². The highest BCUT2D eigenvalue weighted by Gasteiger charge is 2.57. The number of imide groups is 3. The number of nitrogens with zero attached hydrogens (tertiary/aromatic N) is 1. The van der Waals surface area contributed by atoms with Crippen LogP contribution in [0, 0.1) is 17.8 Å². The Morgan fingerprint density at radius 3 is 2.47 bits per heavy atom. The van der Waals surface area contributed by atoms with E-state index in [1.54, 1.807) is 13.0 Å². The summed E-state index contributed by atoms with van der Waals surface area (Å²) in [6, 6.07) is 0.447. The van der Waals surface area contributed by atoms with Gasteiger partial charge in [0.1, 0.15) is 0 Å². The monoisotopic (exact) mass is 618 g/mol. The molecule has 0 saturated carbocycles. The predicted molar refractivity (Wildman–Crippen MR) is 133 cm³/mol. The second kappa shape index (κ2) is 8.52. The number of hydrogen-bond donors (Lipinski definition) is 2. The maximum atomic E-state index is 13.5. The fourth-order valence-electron chi connectivity index (χ4n) is 5.91. The second-order valence-electron chi connectivity index (χ2n) is 9.22. The molecule has 0 bridgehead atoms. The fraction of sp³-hybridized carbons (Fsp3) is 0.320. The van der Waals surface area contributed by atoms with E-state index in [4.69, 9.17) is 10.5 Å². The summed E-state index contributed by atoms with van der Waals surface area (Å²) in [4.78, 5) is 65.1. The average molecular weight is 620 g/mol. The van der Waals surface area contributed by atoms with Crippen molar-refractivity contribution in [3.05, 3.63) is 55.0 Å². The minimum Gasteiger partial charge on any atom is -0.503 e. The highest BCUT2D eigenvalue weighted by atomic mass is 79.9. The molecule has 4 unspecified atom stereocenters. The van der Waals surface area contributed by atoms with Crippen molar-refractivity contribution in [3.8, 4) is 11.5 Å². The van der Waals surface area contributed by atoms with Crippen molar-refractivity contribution >= 4 is 61.3 Å². The number of primary amides is 1. The zero-order valence-corrected chi connectivity index (χ0v) is 22.3. The molecule has 4 atom stereocenters. The fourth-order valence-corrected chi connectivity index (χ4v) is 6.87. The average Bonchev–Trinajstić information content (AvgIpc) is 3.10. The highest BCUT2D eigenvalue weighted by molar-refractivity contribution is 9.13. The Kier molecular flexibility index (Phi) is 5.83. The van der Waals surface area contributed by atoms with Crippen molar-refractivity contribution in [2.45, 2.75) is 25.7 Å². The van der Waals surface area contributed by atoms with E-state index in [0.29, 0.717) is 36.1 Å². The first-order valence-electron chi connectivity index (χ1n) is 11.1. The van der Waals surface area contributed by atoms with Gasteiger partial charge in [-0.2, -0.15) is 4.90 Å². The molecular formula is C25H20Br2N2O7. The van der Waals surface area contributed by atoms with Crippen molar-refractivity contribution in [1.29, 1.82) is 0 Å². The largest absolute Gasteiger partial charge is 0.503 e. The number of amides is 4. The van der Waals surface area contributed by atoms with Crippen molar-refractivity contribution in [2.24, 2.45) is 23.5 Å². The lowest BCUT2D eigenvalue weighted by Crippen LogP contribution is -2.42. The molecular weight excluding hydrogens is 600 g/mol. The van der Waals surface area contributed by atoms with Crippen LogP contribution >= 0.6 is 31.9 Å². The Morgan fingerprint density at radius 1 is 1.14 bits per heavy atom. The number of phenols is 1. The number of methoxy groups -OCH3 is 1. The van der Waals surface area contributed by atoms with Gasteiger partial charge in [-0.1, -0.05) is 11.6 Å². The molecule has 9 nitrogen and oxygen atoms in total. The Bertz CT molecular complexity index is 1410. The number of allylic oxidation sites excluding steroid dienone is 6. The molecule has 0 spiro atoms. The maximum absolute atomic E-state index is 13.5. The summed E-state index contributed by atoms with van der Waals surface area (Å²) in [5, 5.41) is 10.5. The number of benzene rings is 1. The van der Waals surface area contributed by atoms with Gasteiger partial charge in [-0.25, -0.2) is 4.79 Å². The first kappa shape index (κ1) is 24.6. The summed E-state index contributed by atoms with van der Waals surface area (Å²) in [5.74, 6) is -5.02. The van der Waals surface area contributed by atoms with Crippen LogP contribution in [0.2, 0.25) is 0 Å². The summed E-state index contributed by atoms with van der Waals surface area (Å²) in [7, 11) is 1.39. The smallest absolute Gasteiger partial charge is 0.328 e. The van der Waals surface area contributed by atoms with E-state index in [-0.39, 0.29) is 41.5 Å². The summed E-state index contributed by atoms with van der Waals surface area (Å²) in [6.45, 7) is 1.57. The minimum atomic E-state index is -1.13. The van der Waals surface area contributed by atoms with Gasteiger partial charge in [0.25, 0.3) is 0 Å². The molecule has 1 aromatic rings. The molecule has 0 aromatic heterocycles. The van der Waals surface area contributed by atoms with Gasteiger partial charge in [-0.15, -0.1) is 0 Å². The van der Waals surface area contributed by atoms with Crippen LogP contribution in [0.15, 0.2) is 49.5 Å². The minimum absolute atomic E-state index is 0.0762. The van der Waals surface area contributed by atoms with Gasteiger partial charge in [-0.3, -0.25) is 19.2 Å². The number of urea groups is 1. The number of carbonyl (C=O) groups excluding carboxylic acids is 5. The number of Topliss-reactive ketones (excluding diaryl/α,β-unsaturated/α-hetero) is 1. The maximum Gasteiger partial charge on any atom is 0.328 e. The Hall–Kier alpha value is -3.05. The van der Waals surface area contributed by atoms with Crippen LogP contribution in [0.4, 0.5) is 4.79 Å². The van der Waals surface area contributed by atoms with Crippen molar-refractivity contribution in [3.63, 3.8) is 0 Å². The molecule has 0 radical (unpaired) electrons. The summed E-state index contributed by atoms with van der Waals surface area (Å²) in [6.07, 6.45) is 3.36. The van der Waals surface area contributed by atoms with E-state index in [9.17, 15) is 29.1 Å². The molecule has 36 heavy (non-hydrogen) atoms. The lowest BCUT2D eigenvalue weighted by atomic mass is 9.59. The Balaban J connectivity index is 1.76. The highest BCUT2D eigenvalue weighted by Crippen LogP contribution is 2.57. The third-order valence-electron chi connectivity index (χ3n) is 7.49. The molecule has 3 aliphatic carbocycles. The number of fused-ring (bicyclic) bond motifs is 3. The number of likely N-dealkylation sites (tertiary alicyclic amines) is 1. The summed E-state index contributed by atoms with van der Waals surface area (Å²) in [5.41, 5.74) is 7.42. The number of hydrogen-bond acceptors (Lipinski definition) is 7. The Morgan fingerprint density at radius 2 is 1.83 bits per heavy atom. The number of carbonyl (C=O) groups is 5. The summed E-state index contributed by atoms with van der Waals surface area (Å²) >= 11 is 6.86. The molecule has 1 aromatic carbocycles. The number of nitrogens with two attached hydrogens (primary N) is 1. The molecule has 4 amide bonds. The molecule has 3 N–H and O–H groups in total. The van der Waals surface area contributed by atoms with Gasteiger partial charge in [0, 0.05) is 27.1 Å². The van der Waals surface area contributed by atoms with E-state index in [1.807, 2.05) is 6.08 Å². The predicted octanol–water partition coefficient (Wildman–Crippen LogP) is 3.43. The van der Waals surface area contributed by atoms with Crippen molar-refractivity contribution in [2.75, 3.05) is 7.11 Å².